The lowest BCUT2D eigenvalue weighted by molar-refractivity contribution is -0.142. The highest BCUT2D eigenvalue weighted by Gasteiger charge is 2.51. The average Bonchev–Trinajstić information content (AvgIpc) is 2.66. The highest BCUT2D eigenvalue weighted by atomic mass is 28.4. The van der Waals surface area contributed by atoms with E-state index in [1.54, 1.807) is 0 Å². The number of hydrogen-bond acceptors (Lipinski definition) is 4. The molecular formula is C22H28O4Si. The van der Waals surface area contributed by atoms with Crippen molar-refractivity contribution in [3.63, 3.8) is 0 Å². The van der Waals surface area contributed by atoms with Crippen LogP contribution in [0.1, 0.15) is 33.6 Å². The van der Waals surface area contributed by atoms with E-state index in [0.717, 1.165) is 16.7 Å². The van der Waals surface area contributed by atoms with Crippen molar-refractivity contribution in [2.24, 2.45) is 0 Å². The summed E-state index contributed by atoms with van der Waals surface area (Å²) < 4.78 is 11.6. The monoisotopic (exact) mass is 384 g/mol. The van der Waals surface area contributed by atoms with Gasteiger partial charge in [-0.2, -0.15) is 0 Å². The predicted octanol–water partition coefficient (Wildman–Crippen LogP) is 3.08. The van der Waals surface area contributed by atoms with Gasteiger partial charge in [0.15, 0.2) is 0 Å². The number of methoxy groups -OCH3 is 1. The van der Waals surface area contributed by atoms with Gasteiger partial charge in [0.05, 0.1) is 19.6 Å². The highest BCUT2D eigenvalue weighted by molar-refractivity contribution is 6.99. The second-order valence-corrected chi connectivity index (χ2v) is 11.8. The fourth-order valence-corrected chi connectivity index (χ4v) is 8.19. The maximum atomic E-state index is 11.9. The molecule has 0 aliphatic rings. The van der Waals surface area contributed by atoms with Crippen LogP contribution in [0.15, 0.2) is 60.7 Å². The topological polar surface area (TPSA) is 52.6 Å². The van der Waals surface area contributed by atoms with Crippen LogP contribution in [0.3, 0.4) is 0 Å². The maximum absolute atomic E-state index is 11.9. The van der Waals surface area contributed by atoms with Crippen molar-refractivity contribution in [2.75, 3.05) is 7.11 Å². The Labute approximate surface area is 162 Å². The first kappa shape index (κ1) is 21.1. The molecule has 1 atom stereocenters. The Morgan fingerprint density at radius 1 is 1.00 bits per heavy atom. The maximum Gasteiger partial charge on any atom is 0.308 e. The Bertz CT molecular complexity index is 698. The van der Waals surface area contributed by atoms with Crippen molar-refractivity contribution in [1.29, 1.82) is 0 Å². The molecule has 0 aliphatic heterocycles. The van der Waals surface area contributed by atoms with Crippen molar-refractivity contribution in [3.8, 4) is 0 Å². The summed E-state index contributed by atoms with van der Waals surface area (Å²) in [6.45, 7) is 6.49. The summed E-state index contributed by atoms with van der Waals surface area (Å²) in [5.41, 5.74) is 0. The van der Waals surface area contributed by atoms with Crippen molar-refractivity contribution >= 4 is 30.9 Å². The number of carbonyl (C=O) groups is 2. The first-order valence-corrected chi connectivity index (χ1v) is 11.0. The number of rotatable bonds is 8. The third-order valence-electron chi connectivity index (χ3n) is 4.74. The largest absolute Gasteiger partial charge is 0.469 e. The number of benzene rings is 2. The van der Waals surface area contributed by atoms with Gasteiger partial charge in [0, 0.05) is 6.42 Å². The van der Waals surface area contributed by atoms with Gasteiger partial charge in [0.1, 0.15) is 6.29 Å². The molecule has 0 radical (unpaired) electrons. The van der Waals surface area contributed by atoms with E-state index < -0.39 is 14.4 Å². The van der Waals surface area contributed by atoms with Gasteiger partial charge in [-0.15, -0.1) is 0 Å². The first-order valence-electron chi connectivity index (χ1n) is 9.14. The van der Waals surface area contributed by atoms with Crippen LogP contribution in [-0.2, 0) is 18.8 Å². The third-order valence-corrected chi connectivity index (χ3v) is 9.83. The van der Waals surface area contributed by atoms with Gasteiger partial charge >= 0.3 is 5.97 Å². The minimum Gasteiger partial charge on any atom is -0.469 e. The number of ether oxygens (including phenoxy) is 1. The lowest BCUT2D eigenvalue weighted by Gasteiger charge is -2.45. The summed E-state index contributed by atoms with van der Waals surface area (Å²) >= 11 is 0. The molecule has 0 fully saturated rings. The third kappa shape index (κ3) is 4.73. The van der Waals surface area contributed by atoms with Gasteiger partial charge in [0.2, 0.25) is 0 Å². The van der Waals surface area contributed by atoms with Crippen LogP contribution in [0.4, 0.5) is 0 Å². The van der Waals surface area contributed by atoms with Crippen molar-refractivity contribution < 1.29 is 18.8 Å². The van der Waals surface area contributed by atoms with E-state index in [-0.39, 0.29) is 23.8 Å². The van der Waals surface area contributed by atoms with Gasteiger partial charge in [-0.1, -0.05) is 81.4 Å². The lowest BCUT2D eigenvalue weighted by atomic mass is 10.2. The summed E-state index contributed by atoms with van der Waals surface area (Å²) in [5, 5.41) is 2.02. The number of hydrogen-bond donors (Lipinski definition) is 0. The molecule has 0 N–H and O–H groups in total. The van der Waals surface area contributed by atoms with E-state index in [2.05, 4.69) is 45.0 Å². The molecule has 2 aromatic rings. The molecule has 144 valence electrons. The number of esters is 1. The van der Waals surface area contributed by atoms with E-state index in [1.165, 1.54) is 7.11 Å². The average molecular weight is 385 g/mol. The summed E-state index contributed by atoms with van der Waals surface area (Å²) in [6.07, 6.45) is 0.492. The second-order valence-electron chi connectivity index (χ2n) is 7.59. The van der Waals surface area contributed by atoms with E-state index in [4.69, 9.17) is 9.16 Å². The molecule has 0 bridgehead atoms. The minimum absolute atomic E-state index is 0.0553. The molecular weight excluding hydrogens is 356 g/mol. The Morgan fingerprint density at radius 3 is 1.85 bits per heavy atom. The van der Waals surface area contributed by atoms with Crippen LogP contribution >= 0.6 is 0 Å². The molecule has 2 rings (SSSR count). The lowest BCUT2D eigenvalue weighted by Crippen LogP contribution is -2.67. The second kappa shape index (κ2) is 9.11. The van der Waals surface area contributed by atoms with E-state index in [1.807, 2.05) is 36.4 Å². The number of aldehydes is 1. The van der Waals surface area contributed by atoms with Crippen LogP contribution in [0.25, 0.3) is 0 Å². The van der Waals surface area contributed by atoms with Crippen molar-refractivity contribution in [3.05, 3.63) is 60.7 Å². The summed E-state index contributed by atoms with van der Waals surface area (Å²) in [5.74, 6) is -0.375. The van der Waals surface area contributed by atoms with Gasteiger partial charge < -0.3 is 14.0 Å². The molecule has 0 heterocycles. The number of carbonyl (C=O) groups excluding carboxylic acids is 2. The smallest absolute Gasteiger partial charge is 0.308 e. The van der Waals surface area contributed by atoms with E-state index in [0.29, 0.717) is 0 Å². The van der Waals surface area contributed by atoms with Crippen LogP contribution in [0.2, 0.25) is 5.04 Å². The van der Waals surface area contributed by atoms with Crippen LogP contribution in [-0.4, -0.2) is 33.8 Å². The zero-order valence-corrected chi connectivity index (χ0v) is 17.5. The van der Waals surface area contributed by atoms with Gasteiger partial charge in [-0.05, 0) is 15.4 Å². The molecule has 2 aromatic carbocycles. The Kier molecular flexibility index (Phi) is 7.10. The SMILES string of the molecule is COC(=O)C[C@@H](CC=O)O[Si](c1ccccc1)(c1ccccc1)C(C)(C)C. The fourth-order valence-electron chi connectivity index (χ4n) is 3.49. The highest BCUT2D eigenvalue weighted by Crippen LogP contribution is 2.38. The molecule has 0 spiro atoms. The van der Waals surface area contributed by atoms with Crippen LogP contribution in [0.5, 0.6) is 0 Å². The molecule has 0 unspecified atom stereocenters. The quantitative estimate of drug-likeness (QED) is 0.399. The van der Waals surface area contributed by atoms with Crippen molar-refractivity contribution in [2.45, 2.75) is 44.8 Å². The van der Waals surface area contributed by atoms with Gasteiger partial charge in [-0.3, -0.25) is 4.79 Å². The Morgan fingerprint density at radius 2 is 1.48 bits per heavy atom. The Hall–Kier alpha value is -2.24. The molecule has 0 aliphatic carbocycles. The standard InChI is InChI=1S/C22H28O4Si/c1-22(2,3)27(19-11-7-5-8-12-19,20-13-9-6-10-14-20)26-18(15-16-23)17-21(24)25-4/h5-14,16,18H,15,17H2,1-4H3/t18-/m1/s1. The fraction of sp³-hybridized carbons (Fsp3) is 0.364. The van der Waals surface area contributed by atoms with Crippen LogP contribution < -0.4 is 10.4 Å². The normalized spacial score (nSPS) is 13.0. The Balaban J connectivity index is 2.64. The van der Waals surface area contributed by atoms with E-state index in [9.17, 15) is 9.59 Å². The molecule has 4 nitrogen and oxygen atoms in total. The van der Waals surface area contributed by atoms with E-state index >= 15 is 0 Å². The zero-order chi connectivity index (χ0) is 19.9. The predicted molar refractivity (Wildman–Crippen MR) is 110 cm³/mol. The molecule has 0 saturated carbocycles. The first-order chi connectivity index (χ1) is 12.8. The van der Waals surface area contributed by atoms with Crippen molar-refractivity contribution in [1.82, 2.24) is 0 Å². The summed E-state index contributed by atoms with van der Waals surface area (Å²) in [4.78, 5) is 23.2. The molecule has 0 amide bonds. The molecule has 0 saturated heterocycles. The van der Waals surface area contributed by atoms with Gasteiger partial charge in [-0.25, -0.2) is 0 Å². The summed E-state index contributed by atoms with van der Waals surface area (Å²) in [6, 6.07) is 20.3. The van der Waals surface area contributed by atoms with Crippen LogP contribution in [0, 0.1) is 0 Å². The van der Waals surface area contributed by atoms with Gasteiger partial charge in [0.25, 0.3) is 8.32 Å². The summed E-state index contributed by atoms with van der Waals surface area (Å²) in [7, 11) is -1.45. The molecule has 5 heteroatoms. The molecule has 0 aromatic heterocycles. The minimum atomic E-state index is -2.80. The molecule has 27 heavy (non-hydrogen) atoms. The zero-order valence-electron chi connectivity index (χ0n) is 16.5.